The first-order valence-corrected chi connectivity index (χ1v) is 12.7. The number of nitriles is 1. The lowest BCUT2D eigenvalue weighted by atomic mass is 10.1. The van der Waals surface area contributed by atoms with Crippen LogP contribution in [0.4, 0.5) is 5.13 Å². The van der Waals surface area contributed by atoms with Gasteiger partial charge in [-0.25, -0.2) is 13.2 Å². The number of hydrogen-bond acceptors (Lipinski definition) is 10. The number of ether oxygens (including phenoxy) is 2. The lowest BCUT2D eigenvalue weighted by Crippen LogP contribution is -2.13. The summed E-state index contributed by atoms with van der Waals surface area (Å²) in [6.45, 7) is 1.46. The summed E-state index contributed by atoms with van der Waals surface area (Å²) in [4.78, 5) is 24.9. The van der Waals surface area contributed by atoms with E-state index in [-0.39, 0.29) is 42.9 Å². The zero-order valence-corrected chi connectivity index (χ0v) is 20.7. The third-order valence-corrected chi connectivity index (χ3v) is 7.78. The Kier molecular flexibility index (Phi) is 8.18. The van der Waals surface area contributed by atoms with Crippen LogP contribution in [0, 0.1) is 11.3 Å². The molecule has 10 nitrogen and oxygen atoms in total. The van der Waals surface area contributed by atoms with E-state index >= 15 is 0 Å². The van der Waals surface area contributed by atoms with E-state index in [0.717, 1.165) is 0 Å². The first-order valence-electron chi connectivity index (χ1n) is 9.82. The summed E-state index contributed by atoms with van der Waals surface area (Å²) < 4.78 is 34.2. The molecule has 0 unspecified atom stereocenters. The van der Waals surface area contributed by atoms with Crippen LogP contribution < -0.4 is 14.8 Å². The monoisotopic (exact) mass is 532 g/mol. The molecule has 1 heterocycles. The van der Waals surface area contributed by atoms with E-state index in [0.29, 0.717) is 16.9 Å². The number of carbonyl (C=O) groups is 2. The number of methoxy groups -OCH3 is 1. The van der Waals surface area contributed by atoms with Crippen molar-refractivity contribution in [3.8, 4) is 17.6 Å². The van der Waals surface area contributed by atoms with Crippen LogP contribution in [0.3, 0.4) is 0 Å². The van der Waals surface area contributed by atoms with Crippen LogP contribution in [0.15, 0.2) is 52.4 Å². The predicted molar refractivity (Wildman–Crippen MR) is 129 cm³/mol. The molecule has 13 heteroatoms. The second-order valence-corrected chi connectivity index (χ2v) is 10.5. The minimum absolute atomic E-state index is 0.0670. The van der Waals surface area contributed by atoms with Gasteiger partial charge >= 0.3 is 5.97 Å². The van der Waals surface area contributed by atoms with Gasteiger partial charge in [-0.2, -0.15) is 5.26 Å². The van der Waals surface area contributed by atoms with Crippen molar-refractivity contribution in [1.82, 2.24) is 10.2 Å². The maximum atomic E-state index is 12.5. The third-order valence-electron chi connectivity index (χ3n) is 4.43. The second-order valence-electron chi connectivity index (χ2n) is 6.68. The number of hydrogen-bond donors (Lipinski definition) is 1. The molecule has 3 aromatic rings. The van der Waals surface area contributed by atoms with Crippen LogP contribution in [0.5, 0.6) is 11.5 Å². The molecule has 1 amide bonds. The predicted octanol–water partition coefficient (Wildman–Crippen LogP) is 3.76. The average molecular weight is 533 g/mol. The van der Waals surface area contributed by atoms with Crippen molar-refractivity contribution in [1.29, 1.82) is 5.26 Å². The number of aromatic nitrogens is 2. The molecule has 0 bridgehead atoms. The fraction of sp³-hybridized carbons (Fsp3) is 0.136. The molecule has 0 radical (unpaired) electrons. The molecule has 0 fully saturated rings. The van der Waals surface area contributed by atoms with Crippen LogP contribution in [0.2, 0.25) is 5.02 Å². The average Bonchev–Trinajstić information content (AvgIpc) is 3.32. The summed E-state index contributed by atoms with van der Waals surface area (Å²) in [6, 6.07) is 12.6. The highest BCUT2D eigenvalue weighted by Crippen LogP contribution is 2.30. The van der Waals surface area contributed by atoms with Gasteiger partial charge in [-0.15, -0.1) is 10.2 Å². The number of esters is 1. The summed E-state index contributed by atoms with van der Waals surface area (Å²) in [5, 5.41) is 19.2. The SMILES string of the molecule is CCS(=O)(=O)c1nnc(NC(=O)/C(C#N)=C\c2ccc(OC(=O)c3ccccc3Cl)c(OC)c2)s1. The molecule has 0 aliphatic carbocycles. The largest absolute Gasteiger partial charge is 0.493 e. The van der Waals surface area contributed by atoms with Crippen molar-refractivity contribution >= 4 is 55.9 Å². The van der Waals surface area contributed by atoms with Crippen LogP contribution in [0.1, 0.15) is 22.8 Å². The number of carbonyl (C=O) groups excluding carboxylic acids is 2. The van der Waals surface area contributed by atoms with Crippen LogP contribution in [-0.2, 0) is 14.6 Å². The second kappa shape index (κ2) is 11.1. The molecule has 0 atom stereocenters. The third kappa shape index (κ3) is 6.21. The number of nitrogens with one attached hydrogen (secondary N) is 1. The quantitative estimate of drug-likeness (QED) is 0.150. The highest BCUT2D eigenvalue weighted by Gasteiger charge is 2.20. The first kappa shape index (κ1) is 25.8. The van der Waals surface area contributed by atoms with Crippen molar-refractivity contribution in [2.45, 2.75) is 11.3 Å². The van der Waals surface area contributed by atoms with Gasteiger partial charge in [0.2, 0.25) is 19.3 Å². The number of halogens is 1. The Morgan fingerprint density at radius 2 is 1.94 bits per heavy atom. The number of nitrogens with zero attached hydrogens (tertiary/aromatic N) is 3. The van der Waals surface area contributed by atoms with E-state index in [1.54, 1.807) is 24.3 Å². The maximum Gasteiger partial charge on any atom is 0.345 e. The van der Waals surface area contributed by atoms with Crippen molar-refractivity contribution in [3.63, 3.8) is 0 Å². The van der Waals surface area contributed by atoms with Gasteiger partial charge < -0.3 is 9.47 Å². The van der Waals surface area contributed by atoms with Gasteiger partial charge in [0.1, 0.15) is 11.6 Å². The lowest BCUT2D eigenvalue weighted by molar-refractivity contribution is -0.112. The van der Waals surface area contributed by atoms with E-state index < -0.39 is 21.7 Å². The fourth-order valence-corrected chi connectivity index (χ4v) is 4.82. The van der Waals surface area contributed by atoms with Gasteiger partial charge in [0, 0.05) is 0 Å². The highest BCUT2D eigenvalue weighted by atomic mass is 35.5. The van der Waals surface area contributed by atoms with Gasteiger partial charge in [0.25, 0.3) is 5.91 Å². The number of amides is 1. The van der Waals surface area contributed by atoms with Crippen LogP contribution in [-0.4, -0.2) is 43.4 Å². The van der Waals surface area contributed by atoms with E-state index in [4.69, 9.17) is 21.1 Å². The minimum atomic E-state index is -3.57. The summed E-state index contributed by atoms with van der Waals surface area (Å²) in [6.07, 6.45) is 1.28. The Bertz CT molecular complexity index is 1460. The van der Waals surface area contributed by atoms with Crippen molar-refractivity contribution in [2.24, 2.45) is 0 Å². The molecular formula is C22H17ClN4O6S2. The number of anilines is 1. The smallest absolute Gasteiger partial charge is 0.345 e. The molecule has 180 valence electrons. The zero-order valence-electron chi connectivity index (χ0n) is 18.3. The Hall–Kier alpha value is -3.79. The summed E-state index contributed by atoms with van der Waals surface area (Å²) in [5.41, 5.74) is 0.288. The van der Waals surface area contributed by atoms with Gasteiger partial charge in [-0.05, 0) is 35.9 Å². The summed E-state index contributed by atoms with van der Waals surface area (Å²) >= 11 is 6.71. The Morgan fingerprint density at radius 3 is 2.60 bits per heavy atom. The van der Waals surface area contributed by atoms with Crippen molar-refractivity contribution in [2.75, 3.05) is 18.2 Å². The Labute approximate surface area is 209 Å². The van der Waals surface area contributed by atoms with Crippen LogP contribution >= 0.6 is 22.9 Å². The molecule has 2 aromatic carbocycles. The number of benzene rings is 2. The van der Waals surface area contributed by atoms with Crippen molar-refractivity contribution < 1.29 is 27.5 Å². The fourth-order valence-electron chi connectivity index (χ4n) is 2.63. The van der Waals surface area contributed by atoms with E-state index in [9.17, 15) is 23.3 Å². The number of rotatable bonds is 8. The van der Waals surface area contributed by atoms with Gasteiger partial charge in [-0.1, -0.05) is 48.1 Å². The standard InChI is InChI=1S/C22H17ClN4O6S2/c1-3-35(30,31)22-27-26-21(34-22)25-19(28)14(12-24)10-13-8-9-17(18(11-13)32-2)33-20(29)15-6-4-5-7-16(15)23/h4-11H,3H2,1-2H3,(H,25,26,28)/b14-10-. The molecule has 0 aliphatic heterocycles. The van der Waals surface area contributed by atoms with E-state index in [2.05, 4.69) is 15.5 Å². The molecule has 0 aliphatic rings. The zero-order chi connectivity index (χ0) is 25.6. The van der Waals surface area contributed by atoms with E-state index in [1.807, 2.05) is 0 Å². The van der Waals surface area contributed by atoms with Gasteiger partial charge in [0.05, 0.1) is 23.4 Å². The summed E-state index contributed by atoms with van der Waals surface area (Å²) in [5.74, 6) is -1.37. The van der Waals surface area contributed by atoms with Crippen LogP contribution in [0.25, 0.3) is 6.08 Å². The van der Waals surface area contributed by atoms with Gasteiger partial charge in [0.15, 0.2) is 11.5 Å². The Morgan fingerprint density at radius 1 is 1.20 bits per heavy atom. The number of sulfone groups is 1. The molecule has 3 rings (SSSR count). The maximum absolute atomic E-state index is 12.5. The lowest BCUT2D eigenvalue weighted by Gasteiger charge is -2.11. The van der Waals surface area contributed by atoms with Crippen molar-refractivity contribution in [3.05, 3.63) is 64.2 Å². The molecule has 0 saturated heterocycles. The summed E-state index contributed by atoms with van der Waals surface area (Å²) in [7, 11) is -2.21. The minimum Gasteiger partial charge on any atom is -0.493 e. The Balaban J connectivity index is 1.79. The molecular weight excluding hydrogens is 516 g/mol. The molecule has 35 heavy (non-hydrogen) atoms. The first-order chi connectivity index (χ1) is 16.7. The normalized spacial score (nSPS) is 11.4. The topological polar surface area (TPSA) is 148 Å². The molecule has 1 aromatic heterocycles. The van der Waals surface area contributed by atoms with Gasteiger partial charge in [-0.3, -0.25) is 10.1 Å². The molecule has 0 saturated carbocycles. The highest BCUT2D eigenvalue weighted by molar-refractivity contribution is 7.93. The molecule has 0 spiro atoms. The molecule has 1 N–H and O–H groups in total. The van der Waals surface area contributed by atoms with E-state index in [1.165, 1.54) is 44.4 Å².